The fraction of sp³-hybridized carbons (Fsp3) is 0.556. The second-order valence-corrected chi connectivity index (χ2v) is 9.09. The molecule has 1 atom stereocenters. The fourth-order valence-electron chi connectivity index (χ4n) is 3.34. The van der Waals surface area contributed by atoms with Crippen LogP contribution < -0.4 is 5.32 Å². The van der Waals surface area contributed by atoms with Crippen LogP contribution in [0.5, 0.6) is 0 Å². The van der Waals surface area contributed by atoms with Crippen LogP contribution in [-0.4, -0.2) is 80.9 Å². The maximum atomic E-state index is 12.4. The number of nitrogens with one attached hydrogen (secondary N) is 1. The van der Waals surface area contributed by atoms with Gasteiger partial charge < -0.3 is 19.5 Å². The number of guanidine groups is 1. The average molecular weight is 522 g/mol. The van der Waals surface area contributed by atoms with Crippen LogP contribution in [0, 0.1) is 5.92 Å². The largest absolute Gasteiger partial charge is 0.459 e. The number of nitrogens with zero attached hydrogens (tertiary/aromatic N) is 3. The van der Waals surface area contributed by atoms with E-state index in [2.05, 4.69) is 21.8 Å². The molecule has 2 aliphatic rings. The van der Waals surface area contributed by atoms with E-state index in [0.717, 1.165) is 5.96 Å². The Hall–Kier alpha value is -1.56. The zero-order valence-electron chi connectivity index (χ0n) is 15.7. The molecule has 1 aromatic heterocycles. The molecule has 1 amide bonds. The highest BCUT2D eigenvalue weighted by molar-refractivity contribution is 14.0. The number of furan rings is 1. The number of carbonyl (C=O) groups excluding carboxylic acids is 1. The van der Waals surface area contributed by atoms with E-state index in [-0.39, 0.29) is 47.3 Å². The molecule has 0 radical (unpaired) electrons. The summed E-state index contributed by atoms with van der Waals surface area (Å²) in [6, 6.07) is 3.37. The predicted octanol–water partition coefficient (Wildman–Crippen LogP) is 1.22. The molecule has 156 valence electrons. The Labute approximate surface area is 183 Å². The van der Waals surface area contributed by atoms with Gasteiger partial charge in [0.1, 0.15) is 0 Å². The summed E-state index contributed by atoms with van der Waals surface area (Å²) in [6.45, 7) is 7.24. The van der Waals surface area contributed by atoms with E-state index in [0.29, 0.717) is 51.4 Å². The molecule has 0 aliphatic carbocycles. The number of rotatable bonds is 5. The van der Waals surface area contributed by atoms with E-state index in [1.165, 1.54) is 6.26 Å². The van der Waals surface area contributed by atoms with Crippen LogP contribution in [0.3, 0.4) is 0 Å². The van der Waals surface area contributed by atoms with Crippen molar-refractivity contribution in [1.82, 2.24) is 15.1 Å². The highest BCUT2D eigenvalue weighted by atomic mass is 127. The third kappa shape index (κ3) is 5.97. The van der Waals surface area contributed by atoms with Crippen molar-refractivity contribution in [2.45, 2.75) is 6.42 Å². The Bertz CT molecular complexity index is 787. The van der Waals surface area contributed by atoms with E-state index in [1.54, 1.807) is 23.1 Å². The number of sulfone groups is 1. The Balaban J connectivity index is 0.00000280. The summed E-state index contributed by atoms with van der Waals surface area (Å²) in [5.74, 6) is 1.55. The lowest BCUT2D eigenvalue weighted by Gasteiger charge is -2.36. The van der Waals surface area contributed by atoms with E-state index < -0.39 is 9.84 Å². The summed E-state index contributed by atoms with van der Waals surface area (Å²) in [6.07, 6.45) is 3.93. The van der Waals surface area contributed by atoms with E-state index in [1.807, 2.05) is 0 Å². The lowest BCUT2D eigenvalue weighted by atomic mass is 10.1. The van der Waals surface area contributed by atoms with Gasteiger partial charge >= 0.3 is 0 Å². The van der Waals surface area contributed by atoms with Gasteiger partial charge in [-0.25, -0.2) is 8.42 Å². The molecule has 10 heteroatoms. The first-order chi connectivity index (χ1) is 13.0. The summed E-state index contributed by atoms with van der Waals surface area (Å²) in [7, 11) is -2.90. The number of hydrogen-bond acceptors (Lipinski definition) is 5. The normalized spacial score (nSPS) is 21.9. The Morgan fingerprint density at radius 1 is 1.32 bits per heavy atom. The lowest BCUT2D eigenvalue weighted by molar-refractivity contribution is 0.0657. The summed E-state index contributed by atoms with van der Waals surface area (Å²) in [5.41, 5.74) is 0. The van der Waals surface area contributed by atoms with Gasteiger partial charge in [0.2, 0.25) is 0 Å². The van der Waals surface area contributed by atoms with Crippen molar-refractivity contribution >= 4 is 45.7 Å². The SMILES string of the molecule is C=CCNC(=NCC1CCS(=O)(=O)C1)N1CCN(C(=O)c2ccco2)CC1.I. The van der Waals surface area contributed by atoms with Gasteiger partial charge in [-0.3, -0.25) is 9.79 Å². The van der Waals surface area contributed by atoms with Crippen LogP contribution in [0.4, 0.5) is 0 Å². The second kappa shape index (κ2) is 10.3. The number of aliphatic imine (C=N–C) groups is 1. The molecule has 0 saturated carbocycles. The molecule has 0 spiro atoms. The second-order valence-electron chi connectivity index (χ2n) is 6.86. The van der Waals surface area contributed by atoms with Gasteiger partial charge in [0.05, 0.1) is 17.8 Å². The molecule has 0 aromatic carbocycles. The number of hydrogen-bond donors (Lipinski definition) is 1. The summed E-state index contributed by atoms with van der Waals surface area (Å²) in [4.78, 5) is 20.9. The molecule has 1 aromatic rings. The molecule has 1 N–H and O–H groups in total. The first-order valence-electron chi connectivity index (χ1n) is 9.16. The molecule has 1 unspecified atom stereocenters. The van der Waals surface area contributed by atoms with Gasteiger partial charge in [-0.05, 0) is 24.5 Å². The van der Waals surface area contributed by atoms with E-state index in [4.69, 9.17) is 4.42 Å². The minimum Gasteiger partial charge on any atom is -0.459 e. The minimum atomic E-state index is -2.90. The highest BCUT2D eigenvalue weighted by Crippen LogP contribution is 2.18. The minimum absolute atomic E-state index is 0. The van der Waals surface area contributed by atoms with Gasteiger partial charge in [0, 0.05) is 39.3 Å². The van der Waals surface area contributed by atoms with Crippen molar-refractivity contribution in [1.29, 1.82) is 0 Å². The smallest absolute Gasteiger partial charge is 0.289 e. The van der Waals surface area contributed by atoms with E-state index >= 15 is 0 Å². The van der Waals surface area contributed by atoms with Gasteiger partial charge in [0.15, 0.2) is 21.6 Å². The Morgan fingerprint density at radius 3 is 2.61 bits per heavy atom. The van der Waals surface area contributed by atoms with Crippen LogP contribution in [0.2, 0.25) is 0 Å². The molecule has 2 fully saturated rings. The van der Waals surface area contributed by atoms with Crippen LogP contribution in [0.1, 0.15) is 17.0 Å². The van der Waals surface area contributed by atoms with E-state index in [9.17, 15) is 13.2 Å². The Morgan fingerprint density at radius 2 is 2.04 bits per heavy atom. The number of piperazine rings is 1. The summed E-state index contributed by atoms with van der Waals surface area (Å²) in [5, 5.41) is 3.24. The molecule has 3 rings (SSSR count). The monoisotopic (exact) mass is 522 g/mol. The Kier molecular flexibility index (Phi) is 8.35. The van der Waals surface area contributed by atoms with Gasteiger partial charge in [-0.1, -0.05) is 6.08 Å². The maximum absolute atomic E-state index is 12.4. The number of carbonyl (C=O) groups is 1. The zero-order chi connectivity index (χ0) is 19.3. The molecule has 2 saturated heterocycles. The van der Waals surface area contributed by atoms with Crippen molar-refractivity contribution in [3.8, 4) is 0 Å². The molecular weight excluding hydrogens is 495 g/mol. The van der Waals surface area contributed by atoms with Gasteiger partial charge in [0.25, 0.3) is 5.91 Å². The van der Waals surface area contributed by atoms with Crippen LogP contribution in [0.25, 0.3) is 0 Å². The lowest BCUT2D eigenvalue weighted by Crippen LogP contribution is -2.53. The van der Waals surface area contributed by atoms with Crippen LogP contribution in [-0.2, 0) is 9.84 Å². The van der Waals surface area contributed by atoms with Crippen molar-refractivity contribution in [3.63, 3.8) is 0 Å². The van der Waals surface area contributed by atoms with Crippen LogP contribution >= 0.6 is 24.0 Å². The average Bonchev–Trinajstić information content (AvgIpc) is 3.31. The predicted molar refractivity (Wildman–Crippen MR) is 119 cm³/mol. The quantitative estimate of drug-likeness (QED) is 0.271. The summed E-state index contributed by atoms with van der Waals surface area (Å²) >= 11 is 0. The molecular formula is C18H27IN4O4S. The maximum Gasteiger partial charge on any atom is 0.289 e. The number of halogens is 1. The van der Waals surface area contributed by atoms with Crippen molar-refractivity contribution in [2.24, 2.45) is 10.9 Å². The molecule has 3 heterocycles. The zero-order valence-corrected chi connectivity index (χ0v) is 18.9. The molecule has 28 heavy (non-hydrogen) atoms. The highest BCUT2D eigenvalue weighted by Gasteiger charge is 2.29. The topological polar surface area (TPSA) is 95.2 Å². The van der Waals surface area contributed by atoms with Crippen LogP contribution in [0.15, 0.2) is 40.5 Å². The first-order valence-corrected chi connectivity index (χ1v) is 11.0. The molecule has 0 bridgehead atoms. The third-order valence-corrected chi connectivity index (χ3v) is 6.67. The summed E-state index contributed by atoms with van der Waals surface area (Å²) < 4.78 is 28.4. The third-order valence-electron chi connectivity index (χ3n) is 4.83. The first kappa shape index (κ1) is 22.7. The standard InChI is InChI=1S/C18H26N4O4S.HI/c1-2-6-19-18(20-13-15-5-12-27(24,25)14-15)22-9-7-21(8-10-22)17(23)16-4-3-11-26-16;/h2-4,11,15H,1,5-10,12-14H2,(H,19,20);1H. The molecule has 8 nitrogen and oxygen atoms in total. The number of amides is 1. The molecule has 2 aliphatic heterocycles. The van der Waals surface area contributed by atoms with Crippen molar-refractivity contribution < 1.29 is 17.6 Å². The fourth-order valence-corrected chi connectivity index (χ4v) is 5.19. The van der Waals surface area contributed by atoms with Gasteiger partial charge in [-0.15, -0.1) is 30.6 Å². The van der Waals surface area contributed by atoms with Crippen molar-refractivity contribution in [2.75, 3.05) is 50.8 Å². The van der Waals surface area contributed by atoms with Gasteiger partial charge in [-0.2, -0.15) is 0 Å². The van der Waals surface area contributed by atoms with Crippen molar-refractivity contribution in [3.05, 3.63) is 36.8 Å².